The fourth-order valence-electron chi connectivity index (χ4n) is 3.07. The predicted molar refractivity (Wildman–Crippen MR) is 96.8 cm³/mol. The number of anilines is 1. The van der Waals surface area contributed by atoms with E-state index in [1.165, 1.54) is 12.1 Å². The SMILES string of the molecule is Cc1cc(F)cc(NC(=O)C2CCN(CC(=O)NC(C)(C)C)CC2)c1. The van der Waals surface area contributed by atoms with Gasteiger partial charge in [0.05, 0.1) is 6.54 Å². The lowest BCUT2D eigenvalue weighted by Gasteiger charge is -2.31. The molecule has 1 saturated heterocycles. The highest BCUT2D eigenvalue weighted by atomic mass is 19.1. The van der Waals surface area contributed by atoms with Crippen molar-refractivity contribution >= 4 is 17.5 Å². The van der Waals surface area contributed by atoms with Gasteiger partial charge in [0, 0.05) is 17.1 Å². The van der Waals surface area contributed by atoms with E-state index in [1.807, 2.05) is 20.8 Å². The van der Waals surface area contributed by atoms with Crippen molar-refractivity contribution in [3.05, 3.63) is 29.6 Å². The van der Waals surface area contributed by atoms with E-state index in [4.69, 9.17) is 0 Å². The molecule has 0 bridgehead atoms. The fourth-order valence-corrected chi connectivity index (χ4v) is 3.07. The Kier molecular flexibility index (Phi) is 6.16. The van der Waals surface area contributed by atoms with Gasteiger partial charge in [0.15, 0.2) is 0 Å². The van der Waals surface area contributed by atoms with Crippen LogP contribution in [0.4, 0.5) is 10.1 Å². The second-order valence-electron chi connectivity index (χ2n) is 7.86. The average Bonchev–Trinajstić information content (AvgIpc) is 2.44. The number of likely N-dealkylation sites (tertiary alicyclic amines) is 1. The van der Waals surface area contributed by atoms with Crippen LogP contribution in [0.15, 0.2) is 18.2 Å². The van der Waals surface area contributed by atoms with Crippen LogP contribution < -0.4 is 10.6 Å². The summed E-state index contributed by atoms with van der Waals surface area (Å²) in [7, 11) is 0. The van der Waals surface area contributed by atoms with Crippen molar-refractivity contribution < 1.29 is 14.0 Å². The molecule has 0 aliphatic carbocycles. The first-order valence-electron chi connectivity index (χ1n) is 8.74. The number of nitrogens with zero attached hydrogens (tertiary/aromatic N) is 1. The maximum atomic E-state index is 13.4. The lowest BCUT2D eigenvalue weighted by Crippen LogP contribution is -2.48. The zero-order chi connectivity index (χ0) is 18.6. The first-order chi connectivity index (χ1) is 11.6. The maximum absolute atomic E-state index is 13.4. The molecule has 0 atom stereocenters. The molecule has 1 aliphatic rings. The number of hydrogen-bond acceptors (Lipinski definition) is 3. The molecule has 2 N–H and O–H groups in total. The third-order valence-electron chi connectivity index (χ3n) is 4.15. The molecule has 0 saturated carbocycles. The third-order valence-corrected chi connectivity index (χ3v) is 4.15. The molecule has 138 valence electrons. The first-order valence-corrected chi connectivity index (χ1v) is 8.74. The molecule has 0 unspecified atom stereocenters. The molecule has 2 amide bonds. The number of rotatable bonds is 4. The van der Waals surface area contributed by atoms with Crippen molar-refractivity contribution in [2.75, 3.05) is 25.0 Å². The summed E-state index contributed by atoms with van der Waals surface area (Å²) in [6.45, 7) is 9.42. The number of carbonyl (C=O) groups excluding carboxylic acids is 2. The number of halogens is 1. The molecule has 5 nitrogen and oxygen atoms in total. The third kappa shape index (κ3) is 6.46. The Morgan fingerprint density at radius 2 is 1.84 bits per heavy atom. The minimum Gasteiger partial charge on any atom is -0.350 e. The standard InChI is InChI=1S/C19H28FN3O2/c1-13-9-15(20)11-16(10-13)21-18(25)14-5-7-23(8-6-14)12-17(24)22-19(2,3)4/h9-11,14H,5-8,12H2,1-4H3,(H,21,25)(H,22,24). The van der Waals surface area contributed by atoms with Gasteiger partial charge in [0.25, 0.3) is 0 Å². The van der Waals surface area contributed by atoms with Crippen LogP contribution in [-0.4, -0.2) is 41.9 Å². The van der Waals surface area contributed by atoms with Crippen LogP contribution in [0.3, 0.4) is 0 Å². The van der Waals surface area contributed by atoms with E-state index in [-0.39, 0.29) is 29.1 Å². The van der Waals surface area contributed by atoms with Crippen molar-refractivity contribution in [2.45, 2.75) is 46.1 Å². The summed E-state index contributed by atoms with van der Waals surface area (Å²) in [6, 6.07) is 4.51. The second kappa shape index (κ2) is 7.95. The Morgan fingerprint density at radius 3 is 2.40 bits per heavy atom. The molecule has 1 aromatic rings. The molecular weight excluding hydrogens is 321 g/mol. The van der Waals surface area contributed by atoms with Crippen molar-refractivity contribution in [1.29, 1.82) is 0 Å². The van der Waals surface area contributed by atoms with Gasteiger partial charge in [-0.2, -0.15) is 0 Å². The molecular formula is C19H28FN3O2. The number of piperidine rings is 1. The van der Waals surface area contributed by atoms with E-state index < -0.39 is 0 Å². The van der Waals surface area contributed by atoms with E-state index in [9.17, 15) is 14.0 Å². The molecule has 1 heterocycles. The molecule has 25 heavy (non-hydrogen) atoms. The van der Waals surface area contributed by atoms with Crippen molar-refractivity contribution in [3.8, 4) is 0 Å². The van der Waals surface area contributed by atoms with E-state index in [0.717, 1.165) is 5.56 Å². The number of hydrogen-bond donors (Lipinski definition) is 2. The average molecular weight is 349 g/mol. The van der Waals surface area contributed by atoms with Crippen molar-refractivity contribution in [3.63, 3.8) is 0 Å². The van der Waals surface area contributed by atoms with Gasteiger partial charge in [-0.3, -0.25) is 14.5 Å². The lowest BCUT2D eigenvalue weighted by molar-refractivity contribution is -0.124. The van der Waals surface area contributed by atoms with Crippen LogP contribution in [0, 0.1) is 18.7 Å². The van der Waals surface area contributed by atoms with E-state index in [1.54, 1.807) is 13.0 Å². The van der Waals surface area contributed by atoms with Gasteiger partial charge in [-0.25, -0.2) is 4.39 Å². The zero-order valence-corrected chi connectivity index (χ0v) is 15.5. The molecule has 0 spiro atoms. The Hall–Kier alpha value is -1.95. The minimum absolute atomic E-state index is 0.00522. The highest BCUT2D eigenvalue weighted by Crippen LogP contribution is 2.20. The highest BCUT2D eigenvalue weighted by molar-refractivity contribution is 5.92. The summed E-state index contributed by atoms with van der Waals surface area (Å²) < 4.78 is 13.4. The largest absolute Gasteiger partial charge is 0.350 e. The molecule has 1 fully saturated rings. The van der Waals surface area contributed by atoms with Crippen LogP contribution in [-0.2, 0) is 9.59 Å². The smallest absolute Gasteiger partial charge is 0.234 e. The number of nitrogens with one attached hydrogen (secondary N) is 2. The maximum Gasteiger partial charge on any atom is 0.234 e. The van der Waals surface area contributed by atoms with Crippen LogP contribution >= 0.6 is 0 Å². The van der Waals surface area contributed by atoms with Gasteiger partial charge in [-0.05, 0) is 77.4 Å². The summed E-state index contributed by atoms with van der Waals surface area (Å²) in [4.78, 5) is 26.4. The van der Waals surface area contributed by atoms with E-state index in [2.05, 4.69) is 15.5 Å². The van der Waals surface area contributed by atoms with Crippen molar-refractivity contribution in [1.82, 2.24) is 10.2 Å². The molecule has 1 aromatic carbocycles. The van der Waals surface area contributed by atoms with Crippen molar-refractivity contribution in [2.24, 2.45) is 5.92 Å². The summed E-state index contributed by atoms with van der Waals surface area (Å²) in [5.74, 6) is -0.532. The van der Waals surface area contributed by atoms with Gasteiger partial charge in [0.1, 0.15) is 5.82 Å². The summed E-state index contributed by atoms with van der Waals surface area (Å²) in [5.41, 5.74) is 1.03. The quantitative estimate of drug-likeness (QED) is 0.879. The number of aryl methyl sites for hydroxylation is 1. The molecule has 1 aliphatic heterocycles. The monoisotopic (exact) mass is 349 g/mol. The number of amides is 2. The molecule has 6 heteroatoms. The summed E-state index contributed by atoms with van der Waals surface area (Å²) >= 11 is 0. The van der Waals surface area contributed by atoms with Gasteiger partial charge >= 0.3 is 0 Å². The highest BCUT2D eigenvalue weighted by Gasteiger charge is 2.26. The zero-order valence-electron chi connectivity index (χ0n) is 15.5. The van der Waals surface area contributed by atoms with Gasteiger partial charge in [-0.15, -0.1) is 0 Å². The van der Waals surface area contributed by atoms with E-state index in [0.29, 0.717) is 38.2 Å². The Labute approximate surface area is 149 Å². The molecule has 2 rings (SSSR count). The van der Waals surface area contributed by atoms with Crippen LogP contribution in [0.5, 0.6) is 0 Å². The van der Waals surface area contributed by atoms with Gasteiger partial charge in [0.2, 0.25) is 11.8 Å². The summed E-state index contributed by atoms with van der Waals surface area (Å²) in [5, 5.41) is 5.75. The number of carbonyl (C=O) groups is 2. The lowest BCUT2D eigenvalue weighted by atomic mass is 9.95. The minimum atomic E-state index is -0.352. The van der Waals surface area contributed by atoms with Crippen LogP contribution in [0.1, 0.15) is 39.2 Å². The second-order valence-corrected chi connectivity index (χ2v) is 7.86. The Balaban J connectivity index is 1.81. The fraction of sp³-hybridized carbons (Fsp3) is 0.579. The number of benzene rings is 1. The Morgan fingerprint density at radius 1 is 1.20 bits per heavy atom. The first kappa shape index (κ1) is 19.4. The predicted octanol–water partition coefficient (Wildman–Crippen LogP) is 2.70. The van der Waals surface area contributed by atoms with Crippen LogP contribution in [0.2, 0.25) is 0 Å². The van der Waals surface area contributed by atoms with Gasteiger partial charge < -0.3 is 10.6 Å². The Bertz CT molecular complexity index is 612. The normalized spacial score (nSPS) is 16.5. The van der Waals surface area contributed by atoms with E-state index >= 15 is 0 Å². The van der Waals surface area contributed by atoms with Crippen LogP contribution in [0.25, 0.3) is 0 Å². The molecule has 0 radical (unpaired) electrons. The summed E-state index contributed by atoms with van der Waals surface area (Å²) in [6.07, 6.45) is 1.39. The molecule has 0 aromatic heterocycles. The topological polar surface area (TPSA) is 61.4 Å². The van der Waals surface area contributed by atoms with Gasteiger partial charge in [-0.1, -0.05) is 0 Å².